The van der Waals surface area contributed by atoms with Crippen LogP contribution in [0, 0.1) is 18.7 Å². The highest BCUT2D eigenvalue weighted by molar-refractivity contribution is 5.98. The number of carbonyl (C=O) groups is 3. The third-order valence-electron chi connectivity index (χ3n) is 7.73. The molecular weight excluding hydrogens is 532 g/mol. The number of amides is 3. The van der Waals surface area contributed by atoms with Crippen LogP contribution in [-0.2, 0) is 15.8 Å². The van der Waals surface area contributed by atoms with Crippen LogP contribution in [0.15, 0.2) is 42.5 Å². The van der Waals surface area contributed by atoms with Gasteiger partial charge in [-0.25, -0.2) is 4.39 Å². The average Bonchev–Trinajstić information content (AvgIpc) is 3.07. The van der Waals surface area contributed by atoms with Crippen molar-refractivity contribution in [3.05, 3.63) is 65.0 Å². The molecule has 2 N–H and O–H groups in total. The number of rotatable bonds is 5. The van der Waals surface area contributed by atoms with Crippen LogP contribution in [0.2, 0.25) is 0 Å². The minimum atomic E-state index is -4.77. The van der Waals surface area contributed by atoms with E-state index in [0.717, 1.165) is 5.56 Å². The summed E-state index contributed by atoms with van der Waals surface area (Å²) in [5, 5.41) is 13.3. The number of benzene rings is 2. The van der Waals surface area contributed by atoms with Crippen LogP contribution < -0.4 is 10.2 Å². The molecule has 2 saturated heterocycles. The summed E-state index contributed by atoms with van der Waals surface area (Å²) in [5.74, 6) is -3.51. The Balaban J connectivity index is 1.52. The molecule has 4 rings (SSSR count). The smallest absolute Gasteiger partial charge is 0.356 e. The van der Waals surface area contributed by atoms with Crippen LogP contribution in [0.5, 0.6) is 0 Å². The van der Waals surface area contributed by atoms with Gasteiger partial charge in [0, 0.05) is 25.8 Å². The molecule has 216 valence electrons. The Morgan fingerprint density at radius 2 is 1.68 bits per heavy atom. The van der Waals surface area contributed by atoms with Crippen molar-refractivity contribution < 1.29 is 37.1 Å². The zero-order valence-electron chi connectivity index (χ0n) is 22.6. The van der Waals surface area contributed by atoms with Crippen LogP contribution >= 0.6 is 0 Å². The van der Waals surface area contributed by atoms with Gasteiger partial charge in [0.2, 0.25) is 12.3 Å². The topological polar surface area (TPSA) is 93.2 Å². The standard InChI is InChI=1S/C28H32F4N4O4/c1-16(2)22(33-23(37)20-15-18(28(30,31)32)7-10-21(20)29)24(38)35-13-11-27(12-14-35)25(39)34(4)26(40)36(27)19-8-5-17(3)6-9-19/h5-10,15-16,22,26,40H,11-14H2,1-4H3,(H,33,37). The quantitative estimate of drug-likeness (QED) is 0.543. The zero-order chi connectivity index (χ0) is 29.6. The third-order valence-corrected chi connectivity index (χ3v) is 7.73. The van der Waals surface area contributed by atoms with Crippen LogP contribution in [0.25, 0.3) is 0 Å². The second kappa shape index (κ2) is 10.7. The van der Waals surface area contributed by atoms with Gasteiger partial charge in [-0.3, -0.25) is 14.4 Å². The molecule has 3 amide bonds. The highest BCUT2D eigenvalue weighted by atomic mass is 19.4. The normalized spacial score (nSPS) is 19.9. The second-order valence-electron chi connectivity index (χ2n) is 10.7. The highest BCUT2D eigenvalue weighted by Crippen LogP contribution is 2.41. The summed E-state index contributed by atoms with van der Waals surface area (Å²) in [6.45, 7) is 5.49. The summed E-state index contributed by atoms with van der Waals surface area (Å²) in [4.78, 5) is 44.1. The van der Waals surface area contributed by atoms with Crippen molar-refractivity contribution >= 4 is 23.4 Å². The molecule has 0 bridgehead atoms. The molecule has 2 aliphatic heterocycles. The van der Waals surface area contributed by atoms with E-state index < -0.39 is 58.8 Å². The monoisotopic (exact) mass is 564 g/mol. The number of likely N-dealkylation sites (N-methyl/N-ethyl adjacent to an activating group) is 1. The summed E-state index contributed by atoms with van der Waals surface area (Å²) < 4.78 is 53.7. The summed E-state index contributed by atoms with van der Waals surface area (Å²) >= 11 is 0. The van der Waals surface area contributed by atoms with Crippen molar-refractivity contribution in [3.63, 3.8) is 0 Å². The Morgan fingerprint density at radius 1 is 1.07 bits per heavy atom. The fraction of sp³-hybridized carbons (Fsp3) is 0.464. The SMILES string of the molecule is Cc1ccc(N2C(O)N(C)C(=O)C23CCN(C(=O)C(NC(=O)c2cc(C(F)(F)F)ccc2F)C(C)C)CC3)cc1. The van der Waals surface area contributed by atoms with Crippen LogP contribution in [0.3, 0.4) is 0 Å². The number of hydrogen-bond donors (Lipinski definition) is 2. The van der Waals surface area contributed by atoms with Gasteiger partial charge in [0.15, 0.2) is 0 Å². The van der Waals surface area contributed by atoms with Crippen LogP contribution in [-0.4, -0.2) is 70.7 Å². The number of alkyl halides is 3. The summed E-state index contributed by atoms with van der Waals surface area (Å²) in [6, 6.07) is 7.78. The van der Waals surface area contributed by atoms with E-state index in [1.54, 1.807) is 18.7 Å². The largest absolute Gasteiger partial charge is 0.416 e. The molecule has 1 spiro atoms. The fourth-order valence-corrected chi connectivity index (χ4v) is 5.37. The number of piperidine rings is 1. The number of aryl methyl sites for hydroxylation is 1. The predicted molar refractivity (Wildman–Crippen MR) is 138 cm³/mol. The lowest BCUT2D eigenvalue weighted by atomic mass is 9.85. The number of carbonyl (C=O) groups excluding carboxylic acids is 3. The van der Waals surface area contributed by atoms with Gasteiger partial charge < -0.3 is 25.1 Å². The number of aliphatic hydroxyl groups is 1. The lowest BCUT2D eigenvalue weighted by Gasteiger charge is -2.44. The lowest BCUT2D eigenvalue weighted by Crippen LogP contribution is -2.60. The molecule has 2 unspecified atom stereocenters. The molecule has 40 heavy (non-hydrogen) atoms. The number of halogens is 4. The maximum absolute atomic E-state index is 14.3. The molecule has 2 aromatic carbocycles. The van der Waals surface area contributed by atoms with E-state index >= 15 is 0 Å². The molecule has 8 nitrogen and oxygen atoms in total. The van der Waals surface area contributed by atoms with Gasteiger partial charge in [-0.05, 0) is 56.0 Å². The van der Waals surface area contributed by atoms with Crippen LogP contribution in [0.1, 0.15) is 48.2 Å². The molecule has 2 aromatic rings. The number of aliphatic hydroxyl groups excluding tert-OH is 1. The van der Waals surface area contributed by atoms with Crippen LogP contribution in [0.4, 0.5) is 23.2 Å². The predicted octanol–water partition coefficient (Wildman–Crippen LogP) is 3.52. The first-order chi connectivity index (χ1) is 18.7. The van der Waals surface area contributed by atoms with E-state index in [9.17, 15) is 37.1 Å². The lowest BCUT2D eigenvalue weighted by molar-refractivity contribution is -0.140. The molecule has 0 aromatic heterocycles. The summed E-state index contributed by atoms with van der Waals surface area (Å²) in [6.07, 6.45) is -5.56. The van der Waals surface area contributed by atoms with E-state index in [1.807, 2.05) is 31.2 Å². The van der Waals surface area contributed by atoms with E-state index in [0.29, 0.717) is 23.9 Å². The Bertz CT molecular complexity index is 1290. The molecule has 2 aliphatic rings. The molecular formula is C28H32F4N4O4. The number of hydrogen-bond acceptors (Lipinski definition) is 5. The van der Waals surface area contributed by atoms with Gasteiger partial charge >= 0.3 is 6.18 Å². The molecule has 0 saturated carbocycles. The van der Waals surface area contributed by atoms with Crippen molar-refractivity contribution in [3.8, 4) is 0 Å². The van der Waals surface area contributed by atoms with Gasteiger partial charge in [-0.1, -0.05) is 31.5 Å². The number of nitrogens with one attached hydrogen (secondary N) is 1. The third kappa shape index (κ3) is 5.24. The number of likely N-dealkylation sites (tertiary alicyclic amines) is 1. The summed E-state index contributed by atoms with van der Waals surface area (Å²) in [5.41, 5.74) is -1.41. The van der Waals surface area contributed by atoms with Gasteiger partial charge in [0.05, 0.1) is 11.1 Å². The van der Waals surface area contributed by atoms with Gasteiger partial charge in [0.1, 0.15) is 17.4 Å². The molecule has 12 heteroatoms. The van der Waals surface area contributed by atoms with Gasteiger partial charge in [0.25, 0.3) is 11.8 Å². The van der Waals surface area contributed by atoms with Gasteiger partial charge in [-0.15, -0.1) is 0 Å². The van der Waals surface area contributed by atoms with Crippen molar-refractivity contribution in [1.82, 2.24) is 15.1 Å². The minimum absolute atomic E-state index is 0.129. The number of anilines is 1. The van der Waals surface area contributed by atoms with E-state index in [4.69, 9.17) is 0 Å². The Kier molecular flexibility index (Phi) is 7.85. The van der Waals surface area contributed by atoms with Crippen molar-refractivity contribution in [2.75, 3.05) is 25.0 Å². The Morgan fingerprint density at radius 3 is 2.23 bits per heavy atom. The number of nitrogens with zero attached hydrogens (tertiary/aromatic N) is 3. The highest BCUT2D eigenvalue weighted by Gasteiger charge is 2.57. The maximum atomic E-state index is 14.3. The molecule has 0 aliphatic carbocycles. The molecule has 2 atom stereocenters. The van der Waals surface area contributed by atoms with E-state index in [2.05, 4.69) is 5.32 Å². The first-order valence-corrected chi connectivity index (χ1v) is 12.9. The van der Waals surface area contributed by atoms with E-state index in [-0.39, 0.29) is 31.8 Å². The maximum Gasteiger partial charge on any atom is 0.416 e. The minimum Gasteiger partial charge on any atom is -0.356 e. The zero-order valence-corrected chi connectivity index (χ0v) is 22.6. The molecule has 2 heterocycles. The molecule has 0 radical (unpaired) electrons. The Hall–Kier alpha value is -3.67. The van der Waals surface area contributed by atoms with Crippen molar-refractivity contribution in [1.29, 1.82) is 0 Å². The van der Waals surface area contributed by atoms with Crippen molar-refractivity contribution in [2.45, 2.75) is 57.7 Å². The first kappa shape index (κ1) is 29.3. The molecule has 2 fully saturated rings. The second-order valence-corrected chi connectivity index (χ2v) is 10.7. The first-order valence-electron chi connectivity index (χ1n) is 12.9. The van der Waals surface area contributed by atoms with E-state index in [1.165, 1.54) is 16.8 Å². The fourth-order valence-electron chi connectivity index (χ4n) is 5.37. The van der Waals surface area contributed by atoms with Crippen molar-refractivity contribution in [2.24, 2.45) is 5.92 Å². The van der Waals surface area contributed by atoms with Gasteiger partial charge in [-0.2, -0.15) is 13.2 Å². The Labute approximate surface area is 229 Å². The average molecular weight is 565 g/mol. The summed E-state index contributed by atoms with van der Waals surface area (Å²) in [7, 11) is 1.51.